The molecule has 17 heavy (non-hydrogen) atoms. The molecule has 4 heteroatoms. The molecule has 0 spiro atoms. The lowest BCUT2D eigenvalue weighted by molar-refractivity contribution is 0.282. The summed E-state index contributed by atoms with van der Waals surface area (Å²) in [6.07, 6.45) is 6.90. The average molecular weight is 253 g/mol. The molecule has 2 aliphatic carbocycles. The molecule has 2 fully saturated rings. The standard InChI is InChI=1S/C13H17ClN2O/c14-12-6-15-13(5-10(12)8-17)16(11-3-4-11)7-9-1-2-9/h5-6,9,11,17H,1-4,7-8H2. The Morgan fingerprint density at radius 2 is 2.12 bits per heavy atom. The van der Waals surface area contributed by atoms with E-state index in [1.807, 2.05) is 6.07 Å². The number of aliphatic hydroxyl groups is 1. The maximum atomic E-state index is 9.24. The summed E-state index contributed by atoms with van der Waals surface area (Å²) >= 11 is 5.97. The van der Waals surface area contributed by atoms with Gasteiger partial charge in [-0.1, -0.05) is 11.6 Å². The van der Waals surface area contributed by atoms with Gasteiger partial charge in [0.15, 0.2) is 0 Å². The molecule has 0 aliphatic heterocycles. The summed E-state index contributed by atoms with van der Waals surface area (Å²) in [5.74, 6) is 1.83. The molecule has 2 saturated carbocycles. The highest BCUT2D eigenvalue weighted by Crippen LogP contribution is 2.37. The zero-order valence-electron chi connectivity index (χ0n) is 9.77. The summed E-state index contributed by atoms with van der Waals surface area (Å²) in [7, 11) is 0. The number of rotatable bonds is 5. The predicted molar refractivity (Wildman–Crippen MR) is 68.3 cm³/mol. The fraction of sp³-hybridized carbons (Fsp3) is 0.615. The van der Waals surface area contributed by atoms with Gasteiger partial charge >= 0.3 is 0 Å². The molecule has 1 aromatic heterocycles. The van der Waals surface area contributed by atoms with Crippen molar-refractivity contribution in [1.82, 2.24) is 4.98 Å². The van der Waals surface area contributed by atoms with Crippen LogP contribution in [0.5, 0.6) is 0 Å². The number of pyridine rings is 1. The maximum absolute atomic E-state index is 9.24. The Kier molecular flexibility index (Phi) is 2.97. The van der Waals surface area contributed by atoms with E-state index in [0.717, 1.165) is 23.8 Å². The van der Waals surface area contributed by atoms with Crippen molar-refractivity contribution in [2.24, 2.45) is 5.92 Å². The van der Waals surface area contributed by atoms with Gasteiger partial charge in [-0.05, 0) is 37.7 Å². The van der Waals surface area contributed by atoms with Crippen LogP contribution in [0.2, 0.25) is 5.02 Å². The smallest absolute Gasteiger partial charge is 0.129 e. The van der Waals surface area contributed by atoms with E-state index in [1.165, 1.54) is 25.7 Å². The van der Waals surface area contributed by atoms with Crippen LogP contribution in [0.1, 0.15) is 31.2 Å². The molecule has 3 nitrogen and oxygen atoms in total. The van der Waals surface area contributed by atoms with Crippen LogP contribution >= 0.6 is 11.6 Å². The molecule has 1 aromatic rings. The van der Waals surface area contributed by atoms with Crippen LogP contribution in [-0.2, 0) is 6.61 Å². The molecule has 1 N–H and O–H groups in total. The number of halogens is 1. The van der Waals surface area contributed by atoms with Gasteiger partial charge in [0.25, 0.3) is 0 Å². The lowest BCUT2D eigenvalue weighted by Gasteiger charge is -2.24. The molecule has 0 atom stereocenters. The van der Waals surface area contributed by atoms with E-state index >= 15 is 0 Å². The van der Waals surface area contributed by atoms with Crippen LogP contribution < -0.4 is 4.90 Å². The topological polar surface area (TPSA) is 36.4 Å². The molecule has 0 bridgehead atoms. The van der Waals surface area contributed by atoms with Crippen molar-refractivity contribution in [3.63, 3.8) is 0 Å². The van der Waals surface area contributed by atoms with Gasteiger partial charge in [0.05, 0.1) is 11.6 Å². The van der Waals surface area contributed by atoms with Gasteiger partial charge in [-0.15, -0.1) is 0 Å². The number of nitrogens with zero attached hydrogens (tertiary/aromatic N) is 2. The van der Waals surface area contributed by atoms with Gasteiger partial charge in [-0.2, -0.15) is 0 Å². The van der Waals surface area contributed by atoms with Crippen LogP contribution in [0.4, 0.5) is 5.82 Å². The third-order valence-corrected chi connectivity index (χ3v) is 3.86. The first-order valence-corrected chi connectivity index (χ1v) is 6.67. The summed E-state index contributed by atoms with van der Waals surface area (Å²) < 4.78 is 0. The summed E-state index contributed by atoms with van der Waals surface area (Å²) in [5, 5.41) is 9.80. The van der Waals surface area contributed by atoms with Crippen LogP contribution in [0.25, 0.3) is 0 Å². The van der Waals surface area contributed by atoms with Crippen LogP contribution in [0, 0.1) is 5.92 Å². The van der Waals surface area contributed by atoms with Crippen molar-refractivity contribution < 1.29 is 5.11 Å². The minimum absolute atomic E-state index is 0.0176. The number of aliphatic hydroxyl groups excluding tert-OH is 1. The fourth-order valence-corrected chi connectivity index (χ4v) is 2.30. The molecule has 92 valence electrons. The van der Waals surface area contributed by atoms with Crippen molar-refractivity contribution in [2.45, 2.75) is 38.3 Å². The highest BCUT2D eigenvalue weighted by atomic mass is 35.5. The van der Waals surface area contributed by atoms with E-state index in [0.29, 0.717) is 11.1 Å². The first-order chi connectivity index (χ1) is 8.28. The highest BCUT2D eigenvalue weighted by molar-refractivity contribution is 6.31. The van der Waals surface area contributed by atoms with Crippen LogP contribution in [0.15, 0.2) is 12.3 Å². The van der Waals surface area contributed by atoms with Crippen molar-refractivity contribution in [1.29, 1.82) is 0 Å². The van der Waals surface area contributed by atoms with Gasteiger partial charge in [-0.25, -0.2) is 4.98 Å². The monoisotopic (exact) mass is 252 g/mol. The minimum atomic E-state index is -0.0176. The lowest BCUT2D eigenvalue weighted by atomic mass is 10.2. The first-order valence-electron chi connectivity index (χ1n) is 6.30. The summed E-state index contributed by atoms with van der Waals surface area (Å²) in [5.41, 5.74) is 0.776. The number of hydrogen-bond donors (Lipinski definition) is 1. The van der Waals surface area contributed by atoms with Gasteiger partial charge in [0.2, 0.25) is 0 Å². The Hall–Kier alpha value is -0.800. The molecule has 0 unspecified atom stereocenters. The normalized spacial score (nSPS) is 19.4. The van der Waals surface area contributed by atoms with Gasteiger partial charge in [-0.3, -0.25) is 0 Å². The van der Waals surface area contributed by atoms with E-state index in [2.05, 4.69) is 9.88 Å². The van der Waals surface area contributed by atoms with Gasteiger partial charge < -0.3 is 10.0 Å². The van der Waals surface area contributed by atoms with Gasteiger partial charge in [0, 0.05) is 24.3 Å². The Morgan fingerprint density at radius 3 is 2.71 bits per heavy atom. The van der Waals surface area contributed by atoms with E-state index < -0.39 is 0 Å². The van der Waals surface area contributed by atoms with E-state index in [4.69, 9.17) is 11.6 Å². The Labute approximate surface area is 106 Å². The molecular formula is C13H17ClN2O. The Morgan fingerprint density at radius 1 is 1.35 bits per heavy atom. The third kappa shape index (κ3) is 2.55. The molecule has 0 aromatic carbocycles. The molecule has 0 saturated heterocycles. The van der Waals surface area contributed by atoms with Gasteiger partial charge in [0.1, 0.15) is 5.82 Å². The molecular weight excluding hydrogens is 236 g/mol. The largest absolute Gasteiger partial charge is 0.392 e. The van der Waals surface area contributed by atoms with Crippen molar-refractivity contribution in [2.75, 3.05) is 11.4 Å². The second-order valence-electron chi connectivity index (χ2n) is 5.12. The number of hydrogen-bond acceptors (Lipinski definition) is 3. The Balaban J connectivity index is 1.83. The quantitative estimate of drug-likeness (QED) is 0.875. The second-order valence-corrected chi connectivity index (χ2v) is 5.53. The zero-order valence-corrected chi connectivity index (χ0v) is 10.5. The van der Waals surface area contributed by atoms with E-state index in [-0.39, 0.29) is 6.61 Å². The molecule has 1 heterocycles. The SMILES string of the molecule is OCc1cc(N(CC2CC2)C2CC2)ncc1Cl. The Bertz CT molecular complexity index is 416. The van der Waals surface area contributed by atoms with Crippen molar-refractivity contribution in [3.05, 3.63) is 22.8 Å². The predicted octanol–water partition coefficient (Wildman–Crippen LogP) is 2.61. The molecule has 2 aliphatic rings. The second kappa shape index (κ2) is 4.46. The van der Waals surface area contributed by atoms with Crippen molar-refractivity contribution >= 4 is 17.4 Å². The molecule has 0 radical (unpaired) electrons. The van der Waals surface area contributed by atoms with Crippen LogP contribution in [-0.4, -0.2) is 22.7 Å². The highest BCUT2D eigenvalue weighted by Gasteiger charge is 2.34. The number of anilines is 1. The average Bonchev–Trinajstić information content (AvgIpc) is 3.19. The molecule has 3 rings (SSSR count). The van der Waals surface area contributed by atoms with E-state index in [1.54, 1.807) is 6.20 Å². The zero-order chi connectivity index (χ0) is 11.8. The third-order valence-electron chi connectivity index (χ3n) is 3.52. The summed E-state index contributed by atoms with van der Waals surface area (Å²) in [6, 6.07) is 2.60. The minimum Gasteiger partial charge on any atom is -0.392 e. The summed E-state index contributed by atoms with van der Waals surface area (Å²) in [4.78, 5) is 6.81. The maximum Gasteiger partial charge on any atom is 0.129 e. The molecule has 0 amide bonds. The lowest BCUT2D eigenvalue weighted by Crippen LogP contribution is -2.29. The first kappa shape index (κ1) is 11.3. The summed E-state index contributed by atoms with van der Waals surface area (Å²) in [6.45, 7) is 1.10. The van der Waals surface area contributed by atoms with Crippen molar-refractivity contribution in [3.8, 4) is 0 Å². The van der Waals surface area contributed by atoms with Crippen LogP contribution in [0.3, 0.4) is 0 Å². The number of aromatic nitrogens is 1. The fourth-order valence-electron chi connectivity index (χ4n) is 2.14. The van der Waals surface area contributed by atoms with E-state index in [9.17, 15) is 5.11 Å².